The van der Waals surface area contributed by atoms with Gasteiger partial charge in [-0.1, -0.05) is 24.4 Å². The largest absolute Gasteiger partial charge is 0.152 e. The Hall–Kier alpha value is 0.530. The molecule has 0 rings (SSSR count). The lowest BCUT2D eigenvalue weighted by Gasteiger charge is -1.83. The van der Waals surface area contributed by atoms with Crippen LogP contribution in [0.3, 0.4) is 0 Å². The Morgan fingerprint density at radius 1 is 1.14 bits per heavy atom. The van der Waals surface area contributed by atoms with Crippen molar-refractivity contribution in [3.63, 3.8) is 0 Å². The molecule has 0 atom stereocenters. The summed E-state index contributed by atoms with van der Waals surface area (Å²) in [5.74, 6) is 1.87. The first-order valence-corrected chi connectivity index (χ1v) is 3.96. The van der Waals surface area contributed by atoms with Crippen LogP contribution in [0.2, 0.25) is 0 Å². The fourth-order valence-electron chi connectivity index (χ4n) is 0.164. The van der Waals surface area contributed by atoms with Crippen LogP contribution in [0, 0.1) is 0 Å². The number of hydrogen-bond acceptors (Lipinski definition) is 3. The maximum atomic E-state index is 4.57. The molecule has 40 valence electrons. The standard InChI is InChI=1S/C4H6S3/c5-1-3-7-4-2-6/h1-2H,3-4H2. The fraction of sp³-hybridized carbons (Fsp3) is 0.500. The van der Waals surface area contributed by atoms with Gasteiger partial charge in [0.15, 0.2) is 0 Å². The van der Waals surface area contributed by atoms with E-state index >= 15 is 0 Å². The highest BCUT2D eigenvalue weighted by molar-refractivity contribution is 8.02. The average Bonchev–Trinajstić information content (AvgIpc) is 1.69. The zero-order valence-corrected chi connectivity index (χ0v) is 6.24. The van der Waals surface area contributed by atoms with Gasteiger partial charge in [0.1, 0.15) is 0 Å². The molecule has 0 fully saturated rings. The lowest BCUT2D eigenvalue weighted by molar-refractivity contribution is 2.04. The van der Waals surface area contributed by atoms with Crippen molar-refractivity contribution >= 4 is 46.9 Å². The predicted molar refractivity (Wildman–Crippen MR) is 44.6 cm³/mol. The number of hydrogen-bond donors (Lipinski definition) is 0. The average molecular weight is 150 g/mol. The Balaban J connectivity index is 2.68. The van der Waals surface area contributed by atoms with Gasteiger partial charge in [-0.05, 0) is 10.7 Å². The molecule has 0 aliphatic carbocycles. The zero-order chi connectivity index (χ0) is 5.54. The van der Waals surface area contributed by atoms with Crippen molar-refractivity contribution in [3.05, 3.63) is 0 Å². The quantitative estimate of drug-likeness (QED) is 0.442. The van der Waals surface area contributed by atoms with Gasteiger partial charge in [-0.2, -0.15) is 11.8 Å². The van der Waals surface area contributed by atoms with Crippen LogP contribution < -0.4 is 0 Å². The Kier molecular flexibility index (Phi) is 7.02. The van der Waals surface area contributed by atoms with E-state index in [1.807, 2.05) is 0 Å². The molecule has 0 nitrogen and oxygen atoms in total. The van der Waals surface area contributed by atoms with Crippen molar-refractivity contribution < 1.29 is 0 Å². The topological polar surface area (TPSA) is 0 Å². The summed E-state index contributed by atoms with van der Waals surface area (Å²) in [6.07, 6.45) is 0. The van der Waals surface area contributed by atoms with Gasteiger partial charge in [-0.15, -0.1) is 0 Å². The summed E-state index contributed by atoms with van der Waals surface area (Å²) in [5, 5.41) is 3.42. The zero-order valence-electron chi connectivity index (χ0n) is 3.79. The van der Waals surface area contributed by atoms with E-state index in [1.165, 1.54) is 0 Å². The molecule has 0 N–H and O–H groups in total. The summed E-state index contributed by atoms with van der Waals surface area (Å²) < 4.78 is 0. The molecular weight excluding hydrogens is 144 g/mol. The third-order valence-corrected chi connectivity index (χ3v) is 1.93. The normalized spacial score (nSPS) is 8.00. The van der Waals surface area contributed by atoms with Crippen molar-refractivity contribution in [2.24, 2.45) is 0 Å². The first-order chi connectivity index (χ1) is 3.41. The van der Waals surface area contributed by atoms with Crippen molar-refractivity contribution in [1.29, 1.82) is 0 Å². The van der Waals surface area contributed by atoms with E-state index in [0.29, 0.717) is 0 Å². The van der Waals surface area contributed by atoms with Gasteiger partial charge in [0, 0.05) is 11.5 Å². The van der Waals surface area contributed by atoms with Crippen LogP contribution in [0.15, 0.2) is 0 Å². The van der Waals surface area contributed by atoms with Crippen molar-refractivity contribution in [1.82, 2.24) is 0 Å². The number of thioether (sulfide) groups is 1. The minimum atomic E-state index is 0.933. The molecule has 0 saturated carbocycles. The van der Waals surface area contributed by atoms with E-state index in [1.54, 1.807) is 22.5 Å². The molecule has 0 unspecified atom stereocenters. The van der Waals surface area contributed by atoms with Crippen molar-refractivity contribution in [2.45, 2.75) is 0 Å². The predicted octanol–water partition coefficient (Wildman–Crippen LogP) is 1.72. The third-order valence-electron chi connectivity index (χ3n) is 0.372. The van der Waals surface area contributed by atoms with E-state index in [4.69, 9.17) is 0 Å². The monoisotopic (exact) mass is 150 g/mol. The summed E-state index contributed by atoms with van der Waals surface area (Å²) in [7, 11) is 0. The number of rotatable bonds is 4. The Labute approximate surface area is 58.7 Å². The fourth-order valence-corrected chi connectivity index (χ4v) is 1.07. The molecule has 0 saturated heterocycles. The molecule has 0 aliphatic rings. The highest BCUT2D eigenvalue weighted by Crippen LogP contribution is 1.92. The Morgan fingerprint density at radius 2 is 1.57 bits per heavy atom. The molecule has 0 amide bonds. The van der Waals surface area contributed by atoms with Gasteiger partial charge in [-0.3, -0.25) is 0 Å². The third kappa shape index (κ3) is 6.53. The van der Waals surface area contributed by atoms with Gasteiger partial charge in [0.2, 0.25) is 0 Å². The highest BCUT2D eigenvalue weighted by Gasteiger charge is 1.75. The lowest BCUT2D eigenvalue weighted by atomic mass is 11.0. The smallest absolute Gasteiger partial charge is 0.0221 e. The van der Waals surface area contributed by atoms with Gasteiger partial charge < -0.3 is 0 Å². The van der Waals surface area contributed by atoms with Gasteiger partial charge in [0.05, 0.1) is 0 Å². The summed E-state index contributed by atoms with van der Waals surface area (Å²) in [6, 6.07) is 0. The Morgan fingerprint density at radius 3 is 1.86 bits per heavy atom. The van der Waals surface area contributed by atoms with Gasteiger partial charge in [0.25, 0.3) is 0 Å². The second-order valence-electron chi connectivity index (χ2n) is 0.871. The molecule has 0 radical (unpaired) electrons. The minimum Gasteiger partial charge on any atom is -0.152 e. The summed E-state index contributed by atoms with van der Waals surface area (Å²) in [6.45, 7) is 0. The molecule has 0 aromatic carbocycles. The summed E-state index contributed by atoms with van der Waals surface area (Å²) in [5.41, 5.74) is 0. The molecule has 7 heavy (non-hydrogen) atoms. The molecule has 0 spiro atoms. The lowest BCUT2D eigenvalue weighted by Crippen LogP contribution is -1.79. The Bertz CT molecular complexity index is 52.0. The van der Waals surface area contributed by atoms with E-state index in [0.717, 1.165) is 11.5 Å². The van der Waals surface area contributed by atoms with E-state index < -0.39 is 0 Å². The van der Waals surface area contributed by atoms with Gasteiger partial charge in [-0.25, -0.2) is 0 Å². The summed E-state index contributed by atoms with van der Waals surface area (Å²) >= 11 is 10.9. The number of thiocarbonyl (C=S) groups is 2. The van der Waals surface area contributed by atoms with Crippen LogP contribution in [0.25, 0.3) is 0 Å². The van der Waals surface area contributed by atoms with Gasteiger partial charge >= 0.3 is 0 Å². The first-order valence-electron chi connectivity index (χ1n) is 1.87. The van der Waals surface area contributed by atoms with Crippen molar-refractivity contribution in [2.75, 3.05) is 11.5 Å². The molecule has 0 aromatic heterocycles. The highest BCUT2D eigenvalue weighted by atomic mass is 32.2. The van der Waals surface area contributed by atoms with Crippen LogP contribution in [0.5, 0.6) is 0 Å². The van der Waals surface area contributed by atoms with Crippen LogP contribution in [0.4, 0.5) is 0 Å². The van der Waals surface area contributed by atoms with E-state index in [9.17, 15) is 0 Å². The van der Waals surface area contributed by atoms with E-state index in [2.05, 4.69) is 24.4 Å². The second kappa shape index (κ2) is 6.53. The van der Waals surface area contributed by atoms with Crippen LogP contribution in [0.1, 0.15) is 0 Å². The SMILES string of the molecule is S=CCSCC=S. The second-order valence-corrected chi connectivity index (χ2v) is 2.61. The summed E-state index contributed by atoms with van der Waals surface area (Å²) in [4.78, 5) is 0. The molecule has 3 heteroatoms. The maximum absolute atomic E-state index is 4.57. The molecule has 0 aliphatic heterocycles. The van der Waals surface area contributed by atoms with Crippen LogP contribution >= 0.6 is 36.2 Å². The molecule has 0 heterocycles. The van der Waals surface area contributed by atoms with Crippen LogP contribution in [-0.4, -0.2) is 22.2 Å². The maximum Gasteiger partial charge on any atom is 0.0221 e. The van der Waals surface area contributed by atoms with Crippen LogP contribution in [-0.2, 0) is 0 Å². The van der Waals surface area contributed by atoms with E-state index in [-0.39, 0.29) is 0 Å². The first kappa shape index (κ1) is 7.53. The van der Waals surface area contributed by atoms with Crippen molar-refractivity contribution in [3.8, 4) is 0 Å². The molecule has 0 bridgehead atoms. The minimum absolute atomic E-state index is 0.933. The molecular formula is C4H6S3. The molecule has 0 aromatic rings.